The van der Waals surface area contributed by atoms with Crippen LogP contribution in [-0.2, 0) is 6.54 Å². The molecule has 1 amide bonds. The number of methoxy groups -OCH3 is 2. The molecule has 5 heteroatoms. The average molecular weight is 368 g/mol. The van der Waals surface area contributed by atoms with Crippen molar-refractivity contribution in [3.63, 3.8) is 0 Å². The summed E-state index contributed by atoms with van der Waals surface area (Å²) in [5, 5.41) is 3.05. The molecule has 3 rings (SSSR count). The lowest BCUT2D eigenvalue weighted by molar-refractivity contribution is 0.0940. The van der Waals surface area contributed by atoms with E-state index in [0.717, 1.165) is 12.1 Å². The normalized spacial score (nSPS) is 15.4. The number of rotatable bonds is 7. The second-order valence-corrected chi connectivity index (χ2v) is 6.99. The number of likely N-dealkylation sites (tertiary alicyclic amines) is 1. The number of benzene rings is 2. The number of hydrogen-bond donors (Lipinski definition) is 1. The molecule has 1 saturated heterocycles. The predicted molar refractivity (Wildman–Crippen MR) is 106 cm³/mol. The first-order valence-electron chi connectivity index (χ1n) is 9.45. The fraction of sp³-hybridized carbons (Fsp3) is 0.409. The number of nitrogens with one attached hydrogen (secondary N) is 1. The Kier molecular flexibility index (Phi) is 6.35. The van der Waals surface area contributed by atoms with Crippen LogP contribution in [0.5, 0.6) is 11.5 Å². The number of carbonyl (C=O) groups excluding carboxylic acids is 1. The van der Waals surface area contributed by atoms with E-state index in [1.54, 1.807) is 14.2 Å². The van der Waals surface area contributed by atoms with E-state index in [0.29, 0.717) is 17.1 Å². The van der Waals surface area contributed by atoms with Gasteiger partial charge in [-0.2, -0.15) is 0 Å². The number of carbonyl (C=O) groups is 1. The molecular formula is C22H28N2O3. The molecule has 1 atom stereocenters. The lowest BCUT2D eigenvalue weighted by Crippen LogP contribution is -2.26. The van der Waals surface area contributed by atoms with Crippen LogP contribution >= 0.6 is 0 Å². The molecule has 0 radical (unpaired) electrons. The van der Waals surface area contributed by atoms with Crippen molar-refractivity contribution in [2.24, 2.45) is 0 Å². The van der Waals surface area contributed by atoms with Crippen molar-refractivity contribution >= 4 is 5.91 Å². The highest BCUT2D eigenvalue weighted by atomic mass is 16.5. The molecule has 0 unspecified atom stereocenters. The summed E-state index contributed by atoms with van der Waals surface area (Å²) in [4.78, 5) is 15.0. The van der Waals surface area contributed by atoms with E-state index in [4.69, 9.17) is 9.47 Å². The van der Waals surface area contributed by atoms with Crippen molar-refractivity contribution in [2.45, 2.75) is 32.4 Å². The van der Waals surface area contributed by atoms with Gasteiger partial charge in [-0.15, -0.1) is 0 Å². The number of hydrogen-bond acceptors (Lipinski definition) is 4. The lowest BCUT2D eigenvalue weighted by Gasteiger charge is -2.17. The molecule has 0 aromatic heterocycles. The molecule has 2 aromatic rings. The van der Waals surface area contributed by atoms with E-state index in [1.807, 2.05) is 49.4 Å². The van der Waals surface area contributed by atoms with E-state index in [1.165, 1.54) is 31.5 Å². The molecule has 2 aromatic carbocycles. The van der Waals surface area contributed by atoms with Gasteiger partial charge in [-0.1, -0.05) is 18.2 Å². The van der Waals surface area contributed by atoms with E-state index < -0.39 is 0 Å². The highest BCUT2D eigenvalue weighted by molar-refractivity contribution is 5.94. The van der Waals surface area contributed by atoms with Crippen LogP contribution in [0.3, 0.4) is 0 Å². The maximum atomic E-state index is 12.6. The molecule has 1 aliphatic heterocycles. The molecule has 1 heterocycles. The second kappa shape index (κ2) is 8.91. The SMILES string of the molecule is COc1ccc([C@@H](C)NC(=O)c2ccc(CN3CCCC3)cc2)cc1OC. The summed E-state index contributed by atoms with van der Waals surface area (Å²) in [6.45, 7) is 5.26. The average Bonchev–Trinajstić information content (AvgIpc) is 3.20. The van der Waals surface area contributed by atoms with Crippen molar-refractivity contribution in [1.82, 2.24) is 10.2 Å². The third-order valence-electron chi connectivity index (χ3n) is 5.08. The van der Waals surface area contributed by atoms with Gasteiger partial charge in [0, 0.05) is 12.1 Å². The first-order valence-corrected chi connectivity index (χ1v) is 9.45. The van der Waals surface area contributed by atoms with Gasteiger partial charge in [0.25, 0.3) is 5.91 Å². The molecule has 27 heavy (non-hydrogen) atoms. The monoisotopic (exact) mass is 368 g/mol. The Labute approximate surface area is 161 Å². The van der Waals surface area contributed by atoms with Gasteiger partial charge in [-0.25, -0.2) is 0 Å². The molecule has 5 nitrogen and oxygen atoms in total. The van der Waals surface area contributed by atoms with Crippen LogP contribution in [-0.4, -0.2) is 38.1 Å². The van der Waals surface area contributed by atoms with E-state index >= 15 is 0 Å². The van der Waals surface area contributed by atoms with Crippen LogP contribution in [0.1, 0.15) is 47.3 Å². The maximum absolute atomic E-state index is 12.6. The highest BCUT2D eigenvalue weighted by Gasteiger charge is 2.15. The molecule has 1 N–H and O–H groups in total. The zero-order valence-corrected chi connectivity index (χ0v) is 16.3. The minimum absolute atomic E-state index is 0.0787. The quantitative estimate of drug-likeness (QED) is 0.808. The zero-order chi connectivity index (χ0) is 19.2. The van der Waals surface area contributed by atoms with Gasteiger partial charge >= 0.3 is 0 Å². The molecule has 1 aliphatic rings. The first kappa shape index (κ1) is 19.2. The van der Waals surface area contributed by atoms with Crippen LogP contribution in [0.25, 0.3) is 0 Å². The number of amides is 1. The molecule has 0 bridgehead atoms. The number of ether oxygens (including phenoxy) is 2. The summed E-state index contributed by atoms with van der Waals surface area (Å²) in [6, 6.07) is 13.5. The van der Waals surface area contributed by atoms with Crippen LogP contribution in [0, 0.1) is 0 Å². The van der Waals surface area contributed by atoms with Crippen molar-refractivity contribution in [3.8, 4) is 11.5 Å². The van der Waals surface area contributed by atoms with Crippen LogP contribution in [0.4, 0.5) is 0 Å². The Morgan fingerprint density at radius 1 is 1.04 bits per heavy atom. The smallest absolute Gasteiger partial charge is 0.251 e. The Hall–Kier alpha value is -2.53. The van der Waals surface area contributed by atoms with Gasteiger partial charge in [0.1, 0.15) is 0 Å². The first-order chi connectivity index (χ1) is 13.1. The summed E-state index contributed by atoms with van der Waals surface area (Å²) in [5.74, 6) is 1.25. The van der Waals surface area contributed by atoms with E-state index in [-0.39, 0.29) is 11.9 Å². The van der Waals surface area contributed by atoms with E-state index in [9.17, 15) is 4.79 Å². The molecular weight excluding hydrogens is 340 g/mol. The fourth-order valence-electron chi connectivity index (χ4n) is 3.45. The highest BCUT2D eigenvalue weighted by Crippen LogP contribution is 2.30. The Bertz CT molecular complexity index is 768. The summed E-state index contributed by atoms with van der Waals surface area (Å²) < 4.78 is 10.6. The van der Waals surface area contributed by atoms with Gasteiger partial charge < -0.3 is 14.8 Å². The standard InChI is InChI=1S/C22H28N2O3/c1-16(19-10-11-20(26-2)21(14-19)27-3)23-22(25)18-8-6-17(7-9-18)15-24-12-4-5-13-24/h6-11,14,16H,4-5,12-13,15H2,1-3H3,(H,23,25)/t16-/m1/s1. The summed E-state index contributed by atoms with van der Waals surface area (Å²) in [7, 11) is 3.21. The van der Waals surface area contributed by atoms with Gasteiger partial charge in [0.2, 0.25) is 0 Å². The molecule has 0 spiro atoms. The van der Waals surface area contributed by atoms with Gasteiger partial charge in [0.05, 0.1) is 20.3 Å². The van der Waals surface area contributed by atoms with Gasteiger partial charge in [0.15, 0.2) is 11.5 Å². The summed E-state index contributed by atoms with van der Waals surface area (Å²) in [5.41, 5.74) is 2.89. The third-order valence-corrected chi connectivity index (χ3v) is 5.08. The minimum Gasteiger partial charge on any atom is -0.493 e. The zero-order valence-electron chi connectivity index (χ0n) is 16.3. The van der Waals surface area contributed by atoms with Crippen molar-refractivity contribution in [3.05, 3.63) is 59.2 Å². The molecule has 0 saturated carbocycles. The predicted octanol–water partition coefficient (Wildman–Crippen LogP) is 3.79. The van der Waals surface area contributed by atoms with E-state index in [2.05, 4.69) is 10.2 Å². The Balaban J connectivity index is 1.62. The minimum atomic E-state index is -0.137. The van der Waals surface area contributed by atoms with Crippen molar-refractivity contribution < 1.29 is 14.3 Å². The summed E-state index contributed by atoms with van der Waals surface area (Å²) >= 11 is 0. The molecule has 0 aliphatic carbocycles. The van der Waals surface area contributed by atoms with Crippen LogP contribution in [0.2, 0.25) is 0 Å². The Morgan fingerprint density at radius 3 is 2.33 bits per heavy atom. The topological polar surface area (TPSA) is 50.8 Å². The van der Waals surface area contributed by atoms with Crippen molar-refractivity contribution in [1.29, 1.82) is 0 Å². The Morgan fingerprint density at radius 2 is 1.70 bits per heavy atom. The molecule has 144 valence electrons. The lowest BCUT2D eigenvalue weighted by atomic mass is 10.1. The fourth-order valence-corrected chi connectivity index (χ4v) is 3.45. The van der Waals surface area contributed by atoms with Gasteiger partial charge in [-0.3, -0.25) is 9.69 Å². The third kappa shape index (κ3) is 4.80. The second-order valence-electron chi connectivity index (χ2n) is 6.99. The van der Waals surface area contributed by atoms with Gasteiger partial charge in [-0.05, 0) is 68.2 Å². The van der Waals surface area contributed by atoms with Crippen LogP contribution in [0.15, 0.2) is 42.5 Å². The maximum Gasteiger partial charge on any atom is 0.251 e. The van der Waals surface area contributed by atoms with Crippen molar-refractivity contribution in [2.75, 3.05) is 27.3 Å². The number of nitrogens with zero attached hydrogens (tertiary/aromatic N) is 1. The summed E-state index contributed by atoms with van der Waals surface area (Å²) in [6.07, 6.45) is 2.57. The largest absolute Gasteiger partial charge is 0.493 e. The van der Waals surface area contributed by atoms with Crippen LogP contribution < -0.4 is 14.8 Å². The molecule has 1 fully saturated rings.